The number of hydrogen-bond acceptors (Lipinski definition) is 3. The molecular formula is C12H19ClN2O2. The third kappa shape index (κ3) is 2.64. The molecule has 0 bridgehead atoms. The molecule has 1 aliphatic carbocycles. The van der Waals surface area contributed by atoms with Crippen LogP contribution in [0.1, 0.15) is 31.2 Å². The molecule has 1 saturated carbocycles. The van der Waals surface area contributed by atoms with Gasteiger partial charge in [-0.3, -0.25) is 4.68 Å². The van der Waals surface area contributed by atoms with Crippen molar-refractivity contribution in [1.29, 1.82) is 0 Å². The summed E-state index contributed by atoms with van der Waals surface area (Å²) < 4.78 is 1.79. The van der Waals surface area contributed by atoms with E-state index in [-0.39, 0.29) is 5.92 Å². The number of aliphatic hydroxyl groups is 2. The summed E-state index contributed by atoms with van der Waals surface area (Å²) >= 11 is 6.16. The van der Waals surface area contributed by atoms with E-state index in [0.717, 1.165) is 30.8 Å². The molecule has 0 aliphatic heterocycles. The molecule has 2 N–H and O–H groups in total. The Kier molecular flexibility index (Phi) is 3.76. The van der Waals surface area contributed by atoms with Gasteiger partial charge in [0.2, 0.25) is 0 Å². The van der Waals surface area contributed by atoms with Crippen LogP contribution in [-0.4, -0.2) is 32.2 Å². The van der Waals surface area contributed by atoms with Gasteiger partial charge in [-0.25, -0.2) is 0 Å². The Hall–Kier alpha value is -0.580. The third-order valence-electron chi connectivity index (χ3n) is 3.35. The van der Waals surface area contributed by atoms with E-state index in [1.54, 1.807) is 4.68 Å². The zero-order valence-electron chi connectivity index (χ0n) is 10.2. The minimum absolute atomic E-state index is 0.267. The molecule has 2 rings (SSSR count). The number of nitrogens with zero attached hydrogens (tertiary/aromatic N) is 2. The van der Waals surface area contributed by atoms with E-state index in [1.807, 2.05) is 13.8 Å². The summed E-state index contributed by atoms with van der Waals surface area (Å²) in [5, 5.41) is 24.7. The Balaban J connectivity index is 2.11. The molecule has 96 valence electrons. The van der Waals surface area contributed by atoms with Crippen molar-refractivity contribution in [3.63, 3.8) is 0 Å². The molecule has 5 heteroatoms. The van der Waals surface area contributed by atoms with Crippen molar-refractivity contribution in [1.82, 2.24) is 9.78 Å². The predicted octanol–water partition coefficient (Wildman–Crippen LogP) is 1.54. The predicted molar refractivity (Wildman–Crippen MR) is 66.1 cm³/mol. The van der Waals surface area contributed by atoms with Gasteiger partial charge in [0.15, 0.2) is 0 Å². The lowest BCUT2D eigenvalue weighted by atomic mass is 10.0. The molecule has 2 atom stereocenters. The highest BCUT2D eigenvalue weighted by molar-refractivity contribution is 6.31. The van der Waals surface area contributed by atoms with Crippen molar-refractivity contribution in [2.75, 3.05) is 0 Å². The molecule has 4 nitrogen and oxygen atoms in total. The number of aryl methyl sites for hydroxylation is 2. The molecule has 0 saturated heterocycles. The Morgan fingerprint density at radius 1 is 1.47 bits per heavy atom. The lowest BCUT2D eigenvalue weighted by molar-refractivity contribution is 0.00570. The summed E-state index contributed by atoms with van der Waals surface area (Å²) in [5.41, 5.74) is 1.59. The minimum atomic E-state index is -0.749. The summed E-state index contributed by atoms with van der Waals surface area (Å²) in [6.45, 7) is 4.55. The lowest BCUT2D eigenvalue weighted by Gasteiger charge is -2.17. The highest BCUT2D eigenvalue weighted by Gasteiger charge is 2.35. The van der Waals surface area contributed by atoms with Gasteiger partial charge in [0.05, 0.1) is 28.6 Å². The molecule has 0 radical (unpaired) electrons. The van der Waals surface area contributed by atoms with Gasteiger partial charge >= 0.3 is 0 Å². The van der Waals surface area contributed by atoms with Crippen LogP contribution in [0, 0.1) is 12.8 Å². The highest BCUT2D eigenvalue weighted by Crippen LogP contribution is 2.35. The Morgan fingerprint density at radius 2 is 2.12 bits per heavy atom. The summed E-state index contributed by atoms with van der Waals surface area (Å²) in [7, 11) is 0. The molecular weight excluding hydrogens is 240 g/mol. The molecule has 0 aromatic carbocycles. The Morgan fingerprint density at radius 3 is 2.65 bits per heavy atom. The van der Waals surface area contributed by atoms with Gasteiger partial charge in [0, 0.05) is 13.0 Å². The molecule has 0 spiro atoms. The molecule has 1 fully saturated rings. The van der Waals surface area contributed by atoms with E-state index in [4.69, 9.17) is 11.6 Å². The van der Waals surface area contributed by atoms with Gasteiger partial charge in [0.1, 0.15) is 0 Å². The molecule has 17 heavy (non-hydrogen) atoms. The van der Waals surface area contributed by atoms with Gasteiger partial charge in [0.25, 0.3) is 0 Å². The fourth-order valence-electron chi connectivity index (χ4n) is 2.13. The second-order valence-corrected chi connectivity index (χ2v) is 5.14. The first-order valence-electron chi connectivity index (χ1n) is 6.12. The van der Waals surface area contributed by atoms with Crippen LogP contribution in [0.4, 0.5) is 0 Å². The van der Waals surface area contributed by atoms with Crippen molar-refractivity contribution < 1.29 is 10.2 Å². The number of aromatic nitrogens is 2. The van der Waals surface area contributed by atoms with Crippen LogP contribution in [0.15, 0.2) is 0 Å². The van der Waals surface area contributed by atoms with Gasteiger partial charge in [-0.1, -0.05) is 11.6 Å². The smallest absolute Gasteiger partial charge is 0.0857 e. The largest absolute Gasteiger partial charge is 0.390 e. The van der Waals surface area contributed by atoms with Crippen molar-refractivity contribution in [2.45, 2.75) is 51.9 Å². The van der Waals surface area contributed by atoms with Crippen LogP contribution < -0.4 is 0 Å². The lowest BCUT2D eigenvalue weighted by Crippen LogP contribution is -2.30. The zero-order valence-corrected chi connectivity index (χ0v) is 11.0. The summed E-state index contributed by atoms with van der Waals surface area (Å²) in [5.74, 6) is 0.267. The van der Waals surface area contributed by atoms with E-state index in [2.05, 4.69) is 5.10 Å². The third-order valence-corrected chi connectivity index (χ3v) is 3.85. The number of halogens is 1. The molecule has 2 unspecified atom stereocenters. The van der Waals surface area contributed by atoms with Crippen molar-refractivity contribution in [2.24, 2.45) is 5.92 Å². The van der Waals surface area contributed by atoms with Crippen LogP contribution in [0.2, 0.25) is 5.02 Å². The monoisotopic (exact) mass is 258 g/mol. The standard InChI is InChI=1S/C12H19ClN2O2/c1-3-15-9(11(13)7(2)14-15)6-10(16)12(17)8-4-5-8/h8,10,12,16-17H,3-6H2,1-2H3. The van der Waals surface area contributed by atoms with E-state index in [1.165, 1.54) is 0 Å². The van der Waals surface area contributed by atoms with E-state index < -0.39 is 12.2 Å². The van der Waals surface area contributed by atoms with Crippen LogP contribution in [0.5, 0.6) is 0 Å². The first-order chi connectivity index (χ1) is 8.04. The van der Waals surface area contributed by atoms with Crippen molar-refractivity contribution in [3.05, 3.63) is 16.4 Å². The van der Waals surface area contributed by atoms with Crippen LogP contribution in [0.25, 0.3) is 0 Å². The van der Waals surface area contributed by atoms with E-state index in [9.17, 15) is 10.2 Å². The number of hydrogen-bond donors (Lipinski definition) is 2. The van der Waals surface area contributed by atoms with Crippen LogP contribution >= 0.6 is 11.6 Å². The minimum Gasteiger partial charge on any atom is -0.390 e. The first-order valence-corrected chi connectivity index (χ1v) is 6.50. The normalized spacial score (nSPS) is 19.4. The first kappa shape index (κ1) is 12.9. The quantitative estimate of drug-likeness (QED) is 0.842. The molecule has 1 aromatic rings. The molecule has 1 heterocycles. The van der Waals surface area contributed by atoms with E-state index in [0.29, 0.717) is 11.4 Å². The Labute approximate surface area is 106 Å². The average molecular weight is 259 g/mol. The van der Waals surface area contributed by atoms with Crippen LogP contribution in [0.3, 0.4) is 0 Å². The summed E-state index contributed by atoms with van der Waals surface area (Å²) in [4.78, 5) is 0. The maximum atomic E-state index is 9.99. The summed E-state index contributed by atoms with van der Waals surface area (Å²) in [6, 6.07) is 0. The van der Waals surface area contributed by atoms with Crippen LogP contribution in [-0.2, 0) is 13.0 Å². The maximum absolute atomic E-state index is 9.99. The van der Waals surface area contributed by atoms with Gasteiger partial charge in [-0.2, -0.15) is 5.10 Å². The maximum Gasteiger partial charge on any atom is 0.0857 e. The zero-order chi connectivity index (χ0) is 12.6. The van der Waals surface area contributed by atoms with Crippen molar-refractivity contribution >= 4 is 11.6 Å². The number of aliphatic hydroxyl groups excluding tert-OH is 2. The molecule has 1 aromatic heterocycles. The molecule has 1 aliphatic rings. The Bertz CT molecular complexity index is 401. The number of rotatable bonds is 5. The fraction of sp³-hybridized carbons (Fsp3) is 0.750. The SMILES string of the molecule is CCn1nc(C)c(Cl)c1CC(O)C(O)C1CC1. The van der Waals surface area contributed by atoms with Gasteiger partial charge in [-0.15, -0.1) is 0 Å². The molecule has 0 amide bonds. The fourth-order valence-corrected chi connectivity index (χ4v) is 2.35. The highest BCUT2D eigenvalue weighted by atomic mass is 35.5. The second-order valence-electron chi connectivity index (χ2n) is 4.76. The van der Waals surface area contributed by atoms with Gasteiger partial charge < -0.3 is 10.2 Å². The van der Waals surface area contributed by atoms with Gasteiger partial charge in [-0.05, 0) is 32.6 Å². The van der Waals surface area contributed by atoms with E-state index >= 15 is 0 Å². The summed E-state index contributed by atoms with van der Waals surface area (Å²) in [6.07, 6.45) is 1.01. The second kappa shape index (κ2) is 4.96. The topological polar surface area (TPSA) is 58.3 Å². The average Bonchev–Trinajstić information content (AvgIpc) is 3.11. The van der Waals surface area contributed by atoms with Crippen molar-refractivity contribution in [3.8, 4) is 0 Å².